The van der Waals surface area contributed by atoms with E-state index in [-0.39, 0.29) is 30.6 Å². The van der Waals surface area contributed by atoms with E-state index in [1.54, 1.807) is 0 Å². The fraction of sp³-hybridized carbons (Fsp3) is 0.579. The Labute approximate surface area is 149 Å². The van der Waals surface area contributed by atoms with Crippen LogP contribution >= 0.6 is 0 Å². The number of carbonyl (C=O) groups excluding carboxylic acids is 2. The lowest BCUT2D eigenvalue weighted by atomic mass is 10.0. The van der Waals surface area contributed by atoms with Crippen molar-refractivity contribution >= 4 is 11.8 Å². The number of hydrogen-bond donors (Lipinski definition) is 2. The van der Waals surface area contributed by atoms with Gasteiger partial charge >= 0.3 is 0 Å². The molecule has 0 radical (unpaired) electrons. The van der Waals surface area contributed by atoms with E-state index in [0.29, 0.717) is 24.8 Å². The largest absolute Gasteiger partial charge is 0.484 e. The molecule has 0 aliphatic carbocycles. The van der Waals surface area contributed by atoms with Gasteiger partial charge in [0.1, 0.15) is 11.9 Å². The Kier molecular flexibility index (Phi) is 7.25. The smallest absolute Gasteiger partial charge is 0.258 e. The first-order valence-corrected chi connectivity index (χ1v) is 8.87. The van der Waals surface area contributed by atoms with Crippen molar-refractivity contribution in [1.29, 1.82) is 0 Å². The first-order chi connectivity index (χ1) is 12.0. The van der Waals surface area contributed by atoms with Crippen LogP contribution in [-0.2, 0) is 14.3 Å². The maximum atomic E-state index is 11.9. The highest BCUT2D eigenvalue weighted by molar-refractivity contribution is 5.81. The monoisotopic (exact) mass is 348 g/mol. The molecule has 6 nitrogen and oxygen atoms in total. The summed E-state index contributed by atoms with van der Waals surface area (Å²) >= 11 is 0. The van der Waals surface area contributed by atoms with Crippen molar-refractivity contribution in [3.63, 3.8) is 0 Å². The van der Waals surface area contributed by atoms with Crippen LogP contribution in [-0.4, -0.2) is 43.7 Å². The molecule has 0 saturated carbocycles. The maximum absolute atomic E-state index is 11.9. The molecule has 0 aromatic heterocycles. The first-order valence-electron chi connectivity index (χ1n) is 8.87. The number of nitrogens with one attached hydrogen (secondary N) is 2. The highest BCUT2D eigenvalue weighted by Crippen LogP contribution is 2.18. The normalized spacial score (nSPS) is 18.0. The molecule has 1 aliphatic heterocycles. The van der Waals surface area contributed by atoms with E-state index in [9.17, 15) is 9.59 Å². The molecule has 25 heavy (non-hydrogen) atoms. The van der Waals surface area contributed by atoms with E-state index in [4.69, 9.17) is 9.47 Å². The standard InChI is InChI=1S/C19H28N2O4/c1-13(2)15-6-8-16(9-7-15)25-12-18(22)21-14(3)11-20-19(23)17-5-4-10-24-17/h6-9,13-14,17H,4-5,10-12H2,1-3H3,(H,20,23)(H,21,22). The fourth-order valence-corrected chi connectivity index (χ4v) is 2.62. The van der Waals surface area contributed by atoms with Gasteiger partial charge in [-0.2, -0.15) is 0 Å². The van der Waals surface area contributed by atoms with Crippen LogP contribution in [0.15, 0.2) is 24.3 Å². The lowest BCUT2D eigenvalue weighted by Gasteiger charge is -2.17. The van der Waals surface area contributed by atoms with Gasteiger partial charge in [-0.05, 0) is 43.4 Å². The van der Waals surface area contributed by atoms with E-state index in [2.05, 4.69) is 24.5 Å². The summed E-state index contributed by atoms with van der Waals surface area (Å²) in [5.74, 6) is 0.800. The van der Waals surface area contributed by atoms with Crippen molar-refractivity contribution in [2.24, 2.45) is 0 Å². The van der Waals surface area contributed by atoms with Gasteiger partial charge in [0.15, 0.2) is 6.61 Å². The van der Waals surface area contributed by atoms with E-state index in [0.717, 1.165) is 12.8 Å². The zero-order valence-electron chi connectivity index (χ0n) is 15.2. The Morgan fingerprint density at radius 3 is 2.56 bits per heavy atom. The zero-order valence-corrected chi connectivity index (χ0v) is 15.2. The third-order valence-electron chi connectivity index (χ3n) is 4.13. The van der Waals surface area contributed by atoms with Gasteiger partial charge in [0.05, 0.1) is 0 Å². The van der Waals surface area contributed by atoms with Crippen molar-refractivity contribution in [3.8, 4) is 5.75 Å². The van der Waals surface area contributed by atoms with Crippen LogP contribution in [0.25, 0.3) is 0 Å². The lowest BCUT2D eigenvalue weighted by molar-refractivity contribution is -0.130. The highest BCUT2D eigenvalue weighted by atomic mass is 16.5. The molecule has 1 heterocycles. The number of carbonyl (C=O) groups is 2. The highest BCUT2D eigenvalue weighted by Gasteiger charge is 2.23. The SMILES string of the molecule is CC(CNC(=O)C1CCCO1)NC(=O)COc1ccc(C(C)C)cc1. The van der Waals surface area contributed by atoms with Gasteiger partial charge in [-0.3, -0.25) is 9.59 Å². The summed E-state index contributed by atoms with van der Waals surface area (Å²) in [5.41, 5.74) is 1.23. The Hall–Kier alpha value is -2.08. The third kappa shape index (κ3) is 6.38. The van der Waals surface area contributed by atoms with Gasteiger partial charge in [0.25, 0.3) is 5.91 Å². The fourth-order valence-electron chi connectivity index (χ4n) is 2.62. The predicted octanol–water partition coefficient (Wildman–Crippen LogP) is 1.99. The molecule has 1 fully saturated rings. The summed E-state index contributed by atoms with van der Waals surface area (Å²) in [4.78, 5) is 23.8. The van der Waals surface area contributed by atoms with Gasteiger partial charge in [0.2, 0.25) is 5.91 Å². The summed E-state index contributed by atoms with van der Waals surface area (Å²) in [6.45, 7) is 7.05. The molecule has 6 heteroatoms. The number of benzene rings is 1. The van der Waals surface area contributed by atoms with Crippen molar-refractivity contribution in [1.82, 2.24) is 10.6 Å². The zero-order chi connectivity index (χ0) is 18.2. The summed E-state index contributed by atoms with van der Waals surface area (Å²) < 4.78 is 10.8. The molecule has 1 saturated heterocycles. The van der Waals surface area contributed by atoms with Crippen molar-refractivity contribution in [2.45, 2.75) is 51.7 Å². The Bertz CT molecular complexity index is 565. The molecule has 0 spiro atoms. The number of ether oxygens (including phenoxy) is 2. The van der Waals surface area contributed by atoms with Crippen LogP contribution in [0.3, 0.4) is 0 Å². The summed E-state index contributed by atoms with van der Waals surface area (Å²) in [6, 6.07) is 7.56. The van der Waals surface area contributed by atoms with Crippen LogP contribution in [0.5, 0.6) is 5.75 Å². The third-order valence-corrected chi connectivity index (χ3v) is 4.13. The van der Waals surface area contributed by atoms with E-state index in [1.165, 1.54) is 5.56 Å². The molecule has 138 valence electrons. The van der Waals surface area contributed by atoms with Crippen LogP contribution in [0.1, 0.15) is 45.1 Å². The van der Waals surface area contributed by atoms with Crippen LogP contribution in [0.4, 0.5) is 0 Å². The second-order valence-corrected chi connectivity index (χ2v) is 6.73. The second kappa shape index (κ2) is 9.42. The number of rotatable bonds is 8. The molecule has 1 aromatic carbocycles. The molecular weight excluding hydrogens is 320 g/mol. The van der Waals surface area contributed by atoms with Crippen molar-refractivity contribution < 1.29 is 19.1 Å². The minimum atomic E-state index is -0.347. The van der Waals surface area contributed by atoms with Gasteiger partial charge in [-0.1, -0.05) is 26.0 Å². The van der Waals surface area contributed by atoms with E-state index < -0.39 is 0 Å². The molecule has 2 N–H and O–H groups in total. The summed E-state index contributed by atoms with van der Waals surface area (Å²) in [5, 5.41) is 5.61. The van der Waals surface area contributed by atoms with Gasteiger partial charge in [-0.25, -0.2) is 0 Å². The van der Waals surface area contributed by atoms with Gasteiger partial charge < -0.3 is 20.1 Å². The number of amides is 2. The molecular formula is C19H28N2O4. The molecule has 2 unspecified atom stereocenters. The predicted molar refractivity (Wildman–Crippen MR) is 95.6 cm³/mol. The Morgan fingerprint density at radius 1 is 1.24 bits per heavy atom. The summed E-state index contributed by atoms with van der Waals surface area (Å²) in [7, 11) is 0. The van der Waals surface area contributed by atoms with Gasteiger partial charge in [0, 0.05) is 19.2 Å². The first kappa shape index (κ1) is 19.2. The number of hydrogen-bond acceptors (Lipinski definition) is 4. The minimum Gasteiger partial charge on any atom is -0.484 e. The average Bonchev–Trinajstić information content (AvgIpc) is 3.13. The van der Waals surface area contributed by atoms with Crippen LogP contribution in [0.2, 0.25) is 0 Å². The lowest BCUT2D eigenvalue weighted by Crippen LogP contribution is -2.45. The topological polar surface area (TPSA) is 76.7 Å². The van der Waals surface area contributed by atoms with Crippen molar-refractivity contribution in [3.05, 3.63) is 29.8 Å². The second-order valence-electron chi connectivity index (χ2n) is 6.73. The van der Waals surface area contributed by atoms with Crippen LogP contribution < -0.4 is 15.4 Å². The quantitative estimate of drug-likeness (QED) is 0.753. The maximum Gasteiger partial charge on any atom is 0.258 e. The summed E-state index contributed by atoms with van der Waals surface area (Å²) in [6.07, 6.45) is 1.33. The van der Waals surface area contributed by atoms with Crippen LogP contribution in [0, 0.1) is 0 Å². The molecule has 1 aromatic rings. The van der Waals surface area contributed by atoms with E-state index >= 15 is 0 Å². The minimum absolute atomic E-state index is 0.0505. The van der Waals surface area contributed by atoms with Crippen molar-refractivity contribution in [2.75, 3.05) is 19.8 Å². The molecule has 2 amide bonds. The molecule has 2 atom stereocenters. The Balaban J connectivity index is 1.66. The Morgan fingerprint density at radius 2 is 1.96 bits per heavy atom. The average molecular weight is 348 g/mol. The molecule has 1 aliphatic rings. The molecule has 0 bridgehead atoms. The van der Waals surface area contributed by atoms with Gasteiger partial charge in [-0.15, -0.1) is 0 Å². The van der Waals surface area contributed by atoms with E-state index in [1.807, 2.05) is 31.2 Å². The molecule has 2 rings (SSSR count).